The molecule has 7 heteroatoms. The number of nitrogens with one attached hydrogen (secondary N) is 1. The molecule has 0 bridgehead atoms. The lowest BCUT2D eigenvalue weighted by atomic mass is 10.3. The van der Waals surface area contributed by atoms with Crippen molar-refractivity contribution in [1.29, 1.82) is 0 Å². The molecule has 0 aliphatic carbocycles. The molecule has 19 heavy (non-hydrogen) atoms. The zero-order chi connectivity index (χ0) is 14.7. The zero-order valence-electron chi connectivity index (χ0n) is 12.7. The predicted octanol–water partition coefficient (Wildman–Crippen LogP) is 2.45. The van der Waals surface area contributed by atoms with Crippen molar-refractivity contribution in [3.63, 3.8) is 0 Å². The van der Waals surface area contributed by atoms with E-state index in [1.165, 1.54) is 0 Å². The average molecular weight is 293 g/mol. The molecule has 0 heterocycles. The highest BCUT2D eigenvalue weighted by Crippen LogP contribution is 2.12. The Labute approximate surface area is 117 Å². The molecule has 1 amide bonds. The molecule has 1 N–H and O–H groups in total. The van der Waals surface area contributed by atoms with E-state index in [9.17, 15) is 4.79 Å². The third-order valence-corrected chi connectivity index (χ3v) is 4.85. The third-order valence-electron chi connectivity index (χ3n) is 2.29. The Hall–Kier alpha value is -0.633. The number of carbonyl (C=O) groups excluding carboxylic acids is 1. The Kier molecular flexibility index (Phi) is 9.85. The van der Waals surface area contributed by atoms with Crippen LogP contribution in [0, 0.1) is 0 Å². The molecule has 0 aromatic rings. The lowest BCUT2D eigenvalue weighted by Crippen LogP contribution is -2.62. The van der Waals surface area contributed by atoms with E-state index < -0.39 is 15.1 Å². The smallest absolute Gasteiger partial charge is 0.450 e. The first-order valence-corrected chi connectivity index (χ1v) is 8.66. The maximum absolute atomic E-state index is 11.7. The minimum atomic E-state index is -3.22. The summed E-state index contributed by atoms with van der Waals surface area (Å²) in [7, 11) is -3.22. The van der Waals surface area contributed by atoms with Crippen molar-refractivity contribution in [1.82, 2.24) is 4.98 Å². The number of carbonyl (C=O) groups is 1. The first kappa shape index (κ1) is 18.4. The SMILES string of the molecule is CCCOC(=O)N[Si](OCC)(OCC)OC(C)CC. The summed E-state index contributed by atoms with van der Waals surface area (Å²) in [4.78, 5) is 14.3. The topological polar surface area (TPSA) is 66.0 Å². The van der Waals surface area contributed by atoms with E-state index in [0.29, 0.717) is 19.8 Å². The summed E-state index contributed by atoms with van der Waals surface area (Å²) in [6.45, 7) is 10.7. The molecule has 6 nitrogen and oxygen atoms in total. The van der Waals surface area contributed by atoms with Crippen LogP contribution in [-0.4, -0.2) is 41.0 Å². The lowest BCUT2D eigenvalue weighted by molar-refractivity contribution is 0.0261. The Morgan fingerprint density at radius 3 is 2.16 bits per heavy atom. The van der Waals surface area contributed by atoms with Crippen molar-refractivity contribution in [2.24, 2.45) is 0 Å². The van der Waals surface area contributed by atoms with Crippen LogP contribution < -0.4 is 4.98 Å². The number of hydrogen-bond donors (Lipinski definition) is 1. The monoisotopic (exact) mass is 293 g/mol. The summed E-state index contributed by atoms with van der Waals surface area (Å²) >= 11 is 0. The van der Waals surface area contributed by atoms with Crippen molar-refractivity contribution in [3.8, 4) is 0 Å². The maximum atomic E-state index is 11.7. The van der Waals surface area contributed by atoms with Crippen molar-refractivity contribution in [2.75, 3.05) is 19.8 Å². The summed E-state index contributed by atoms with van der Waals surface area (Å²) in [5.41, 5.74) is 0. The fraction of sp³-hybridized carbons (Fsp3) is 0.917. The van der Waals surface area contributed by atoms with Gasteiger partial charge in [-0.1, -0.05) is 13.8 Å². The maximum Gasteiger partial charge on any atom is 0.636 e. The predicted molar refractivity (Wildman–Crippen MR) is 74.6 cm³/mol. The molecule has 1 atom stereocenters. The van der Waals surface area contributed by atoms with E-state index in [1.807, 2.05) is 34.6 Å². The molecule has 0 aromatic heterocycles. The Balaban J connectivity index is 4.72. The van der Waals surface area contributed by atoms with Crippen LogP contribution in [0.3, 0.4) is 0 Å². The third kappa shape index (κ3) is 7.51. The molecule has 0 saturated heterocycles. The van der Waals surface area contributed by atoms with E-state index in [1.54, 1.807) is 0 Å². The van der Waals surface area contributed by atoms with Crippen molar-refractivity contribution >= 4 is 15.1 Å². The largest absolute Gasteiger partial charge is 0.636 e. The van der Waals surface area contributed by atoms with Gasteiger partial charge < -0.3 is 18.0 Å². The van der Waals surface area contributed by atoms with Gasteiger partial charge in [0.2, 0.25) is 0 Å². The number of rotatable bonds is 10. The van der Waals surface area contributed by atoms with E-state index in [-0.39, 0.29) is 6.10 Å². The van der Waals surface area contributed by atoms with E-state index >= 15 is 0 Å². The molecule has 0 aliphatic heterocycles. The number of ether oxygens (including phenoxy) is 1. The average Bonchev–Trinajstić information content (AvgIpc) is 2.36. The fourth-order valence-electron chi connectivity index (χ4n) is 1.30. The lowest BCUT2D eigenvalue weighted by Gasteiger charge is -2.30. The second-order valence-electron chi connectivity index (χ2n) is 4.02. The highest BCUT2D eigenvalue weighted by molar-refractivity contribution is 6.60. The molecule has 0 aromatic carbocycles. The normalized spacial score (nSPS) is 13.1. The van der Waals surface area contributed by atoms with Gasteiger partial charge in [0.05, 0.1) is 6.61 Å². The Morgan fingerprint density at radius 1 is 1.16 bits per heavy atom. The van der Waals surface area contributed by atoms with Crippen LogP contribution in [0.4, 0.5) is 4.79 Å². The van der Waals surface area contributed by atoms with Crippen molar-refractivity contribution < 1.29 is 22.8 Å². The first-order chi connectivity index (χ1) is 9.03. The highest BCUT2D eigenvalue weighted by Gasteiger charge is 2.46. The quantitative estimate of drug-likeness (QED) is 0.627. The molecular weight excluding hydrogens is 266 g/mol. The second-order valence-corrected chi connectivity index (χ2v) is 6.20. The second kappa shape index (κ2) is 10.2. The highest BCUT2D eigenvalue weighted by atomic mass is 28.4. The minimum Gasteiger partial charge on any atom is -0.450 e. The van der Waals surface area contributed by atoms with Crippen LogP contribution in [0.5, 0.6) is 0 Å². The fourth-order valence-corrected chi connectivity index (χ4v) is 3.50. The molecular formula is C12H27NO5Si. The van der Waals surface area contributed by atoms with E-state index in [0.717, 1.165) is 12.8 Å². The van der Waals surface area contributed by atoms with Gasteiger partial charge in [0, 0.05) is 19.3 Å². The van der Waals surface area contributed by atoms with Gasteiger partial charge in [-0.25, -0.2) is 4.79 Å². The van der Waals surface area contributed by atoms with Crippen LogP contribution in [0.25, 0.3) is 0 Å². The van der Waals surface area contributed by atoms with Crippen LogP contribution in [-0.2, 0) is 18.0 Å². The summed E-state index contributed by atoms with van der Waals surface area (Å²) in [5, 5.41) is 0. The van der Waals surface area contributed by atoms with Gasteiger partial charge in [-0.3, -0.25) is 4.98 Å². The Morgan fingerprint density at radius 2 is 1.74 bits per heavy atom. The van der Waals surface area contributed by atoms with Crippen molar-refractivity contribution in [2.45, 2.75) is 53.6 Å². The molecule has 0 saturated carbocycles. The first-order valence-electron chi connectivity index (χ1n) is 6.94. The van der Waals surface area contributed by atoms with Gasteiger partial charge >= 0.3 is 15.1 Å². The van der Waals surface area contributed by atoms with Gasteiger partial charge in [-0.15, -0.1) is 0 Å². The van der Waals surface area contributed by atoms with Gasteiger partial charge in [0.25, 0.3) is 0 Å². The van der Waals surface area contributed by atoms with E-state index in [2.05, 4.69) is 4.98 Å². The van der Waals surface area contributed by atoms with E-state index in [4.69, 9.17) is 18.0 Å². The number of hydrogen-bond acceptors (Lipinski definition) is 5. The molecule has 0 rings (SSSR count). The summed E-state index contributed by atoms with van der Waals surface area (Å²) in [6.07, 6.45) is 0.952. The summed E-state index contributed by atoms with van der Waals surface area (Å²) in [6, 6.07) is 0. The van der Waals surface area contributed by atoms with Crippen LogP contribution in [0.15, 0.2) is 0 Å². The summed E-state index contributed by atoms with van der Waals surface area (Å²) in [5.74, 6) is 0. The minimum absolute atomic E-state index is 0.0590. The molecule has 114 valence electrons. The molecule has 1 unspecified atom stereocenters. The van der Waals surface area contributed by atoms with Crippen LogP contribution in [0.1, 0.15) is 47.5 Å². The van der Waals surface area contributed by atoms with Crippen molar-refractivity contribution in [3.05, 3.63) is 0 Å². The standard InChI is InChI=1S/C12H27NO5Si/c1-6-10-15-12(14)13-19(16-8-3,17-9-4)18-11(5)7-2/h11H,6-10H2,1-5H3,(H,13,14). The molecule has 0 radical (unpaired) electrons. The zero-order valence-corrected chi connectivity index (χ0v) is 13.7. The van der Waals surface area contributed by atoms with Gasteiger partial charge in [-0.2, -0.15) is 0 Å². The Bertz CT molecular complexity index is 246. The van der Waals surface area contributed by atoms with Gasteiger partial charge in [0.15, 0.2) is 0 Å². The van der Waals surface area contributed by atoms with Gasteiger partial charge in [0.1, 0.15) is 0 Å². The summed E-state index contributed by atoms with van der Waals surface area (Å²) < 4.78 is 22.0. The number of amides is 1. The van der Waals surface area contributed by atoms with Gasteiger partial charge in [-0.05, 0) is 33.6 Å². The van der Waals surface area contributed by atoms with Crippen LogP contribution >= 0.6 is 0 Å². The van der Waals surface area contributed by atoms with Crippen LogP contribution in [0.2, 0.25) is 0 Å². The molecule has 0 fully saturated rings. The molecule has 0 spiro atoms. The molecule has 0 aliphatic rings.